The van der Waals surface area contributed by atoms with Crippen LogP contribution in [-0.2, 0) is 11.2 Å². The minimum Gasteiger partial charge on any atom is -0.503 e. The summed E-state index contributed by atoms with van der Waals surface area (Å²) in [7, 11) is 1.43. The summed E-state index contributed by atoms with van der Waals surface area (Å²) in [5.41, 5.74) is 3.67. The van der Waals surface area contributed by atoms with Gasteiger partial charge >= 0.3 is 0 Å². The molecule has 0 heterocycles. The van der Waals surface area contributed by atoms with E-state index < -0.39 is 0 Å². The van der Waals surface area contributed by atoms with Crippen molar-refractivity contribution in [1.82, 2.24) is 5.43 Å². The van der Waals surface area contributed by atoms with Crippen LogP contribution in [0.2, 0.25) is 10.0 Å². The lowest BCUT2D eigenvalue weighted by Crippen LogP contribution is -2.19. The van der Waals surface area contributed by atoms with Gasteiger partial charge in [-0.25, -0.2) is 5.43 Å². The van der Waals surface area contributed by atoms with E-state index in [4.69, 9.17) is 27.9 Å². The number of carbonyl (C=O) groups excluding carboxylic acids is 1. The number of benzene rings is 2. The second-order valence-corrected chi connectivity index (χ2v) is 5.43. The maximum absolute atomic E-state index is 11.8. The van der Waals surface area contributed by atoms with Crippen molar-refractivity contribution in [3.63, 3.8) is 0 Å². The average Bonchev–Trinajstić information content (AvgIpc) is 2.54. The normalized spacial score (nSPS) is 10.7. The van der Waals surface area contributed by atoms with Gasteiger partial charge in [-0.3, -0.25) is 4.79 Å². The van der Waals surface area contributed by atoms with Crippen molar-refractivity contribution in [2.75, 3.05) is 7.11 Å². The fourth-order valence-corrected chi connectivity index (χ4v) is 2.16. The van der Waals surface area contributed by atoms with Gasteiger partial charge in [0.25, 0.3) is 0 Å². The summed E-state index contributed by atoms with van der Waals surface area (Å²) in [5, 5.41) is 14.3. The fourth-order valence-electron chi connectivity index (χ4n) is 1.83. The predicted molar refractivity (Wildman–Crippen MR) is 90.6 cm³/mol. The lowest BCUT2D eigenvalue weighted by Gasteiger charge is -2.06. The maximum Gasteiger partial charge on any atom is 0.244 e. The molecule has 2 rings (SSSR count). The number of nitrogens with zero attached hydrogens (tertiary/aromatic N) is 1. The minimum absolute atomic E-state index is 0.0973. The molecule has 0 spiro atoms. The van der Waals surface area contributed by atoms with Crippen LogP contribution in [0.4, 0.5) is 0 Å². The zero-order valence-corrected chi connectivity index (χ0v) is 13.7. The van der Waals surface area contributed by atoms with Crippen molar-refractivity contribution >= 4 is 35.3 Å². The fraction of sp³-hybridized carbons (Fsp3) is 0.125. The Kier molecular flexibility index (Phi) is 5.84. The van der Waals surface area contributed by atoms with E-state index >= 15 is 0 Å². The van der Waals surface area contributed by atoms with Crippen LogP contribution in [0.1, 0.15) is 11.1 Å². The van der Waals surface area contributed by atoms with Gasteiger partial charge < -0.3 is 9.84 Å². The van der Waals surface area contributed by atoms with E-state index in [9.17, 15) is 9.90 Å². The summed E-state index contributed by atoms with van der Waals surface area (Å²) in [6, 6.07) is 10.1. The van der Waals surface area contributed by atoms with Gasteiger partial charge in [0, 0.05) is 10.6 Å². The molecular formula is C16H14Cl2N2O3. The Morgan fingerprint density at radius 1 is 1.26 bits per heavy atom. The first-order valence-electron chi connectivity index (χ1n) is 6.63. The van der Waals surface area contributed by atoms with Crippen LogP contribution in [0.25, 0.3) is 0 Å². The molecular weight excluding hydrogens is 339 g/mol. The number of carbonyl (C=O) groups is 1. The van der Waals surface area contributed by atoms with Gasteiger partial charge in [0.1, 0.15) is 0 Å². The molecule has 0 bridgehead atoms. The van der Waals surface area contributed by atoms with Gasteiger partial charge in [-0.15, -0.1) is 0 Å². The number of aromatic hydroxyl groups is 1. The van der Waals surface area contributed by atoms with Crippen LogP contribution >= 0.6 is 23.2 Å². The number of phenolic OH excluding ortho intramolecular Hbond substituents is 1. The number of rotatable bonds is 5. The number of nitrogens with one attached hydrogen (secondary N) is 1. The Bertz CT molecular complexity index is 731. The third-order valence-corrected chi connectivity index (χ3v) is 3.65. The lowest BCUT2D eigenvalue weighted by atomic mass is 10.1. The Morgan fingerprint density at radius 3 is 2.61 bits per heavy atom. The molecule has 0 aliphatic rings. The highest BCUT2D eigenvalue weighted by molar-refractivity contribution is 6.34. The smallest absolute Gasteiger partial charge is 0.244 e. The van der Waals surface area contributed by atoms with Crippen molar-refractivity contribution in [2.24, 2.45) is 5.10 Å². The highest BCUT2D eigenvalue weighted by Gasteiger charge is 2.10. The Morgan fingerprint density at radius 2 is 1.96 bits per heavy atom. The molecule has 0 unspecified atom stereocenters. The van der Waals surface area contributed by atoms with E-state index in [1.165, 1.54) is 13.3 Å². The van der Waals surface area contributed by atoms with Crippen LogP contribution in [0.15, 0.2) is 41.5 Å². The van der Waals surface area contributed by atoms with Crippen LogP contribution in [0, 0.1) is 0 Å². The molecule has 0 fully saturated rings. The van der Waals surface area contributed by atoms with Crippen LogP contribution < -0.4 is 10.2 Å². The molecule has 2 aromatic rings. The largest absolute Gasteiger partial charge is 0.503 e. The zero-order valence-electron chi connectivity index (χ0n) is 12.2. The molecule has 2 aromatic carbocycles. The minimum atomic E-state index is -0.280. The number of methoxy groups -OCH3 is 1. The van der Waals surface area contributed by atoms with Gasteiger partial charge in [-0.2, -0.15) is 5.10 Å². The van der Waals surface area contributed by atoms with Crippen molar-refractivity contribution in [2.45, 2.75) is 6.42 Å². The second-order valence-electron chi connectivity index (χ2n) is 4.62. The zero-order chi connectivity index (χ0) is 16.8. The molecule has 0 aliphatic heterocycles. The van der Waals surface area contributed by atoms with Gasteiger partial charge in [0.15, 0.2) is 11.5 Å². The van der Waals surface area contributed by atoms with Gasteiger partial charge in [0.05, 0.1) is 24.8 Å². The first kappa shape index (κ1) is 17.1. The summed E-state index contributed by atoms with van der Waals surface area (Å²) in [5.74, 6) is -0.193. The van der Waals surface area contributed by atoms with E-state index in [2.05, 4.69) is 10.5 Å². The van der Waals surface area contributed by atoms with Gasteiger partial charge in [0.2, 0.25) is 5.91 Å². The molecule has 0 aromatic heterocycles. The maximum atomic E-state index is 11.8. The first-order valence-corrected chi connectivity index (χ1v) is 7.38. The molecule has 0 saturated carbocycles. The van der Waals surface area contributed by atoms with E-state index in [-0.39, 0.29) is 28.8 Å². The van der Waals surface area contributed by atoms with Crippen LogP contribution in [0.3, 0.4) is 0 Å². The molecule has 120 valence electrons. The molecule has 0 radical (unpaired) electrons. The molecule has 0 atom stereocenters. The number of hydrazone groups is 1. The van der Waals surface area contributed by atoms with Gasteiger partial charge in [-0.05, 0) is 29.8 Å². The number of hydrogen-bond donors (Lipinski definition) is 2. The first-order chi connectivity index (χ1) is 11.0. The van der Waals surface area contributed by atoms with Gasteiger partial charge in [-0.1, -0.05) is 35.3 Å². The number of phenols is 1. The number of halogens is 2. The Hall–Kier alpha value is -2.24. The van der Waals surface area contributed by atoms with E-state index in [1.54, 1.807) is 36.4 Å². The molecule has 1 amide bonds. The lowest BCUT2D eigenvalue weighted by molar-refractivity contribution is -0.120. The number of amides is 1. The standard InChI is InChI=1S/C16H14Cl2N2O3/c1-23-13-7-4-11(15(18)16(13)22)9-19-20-14(21)8-10-2-5-12(17)6-3-10/h2-7,9,22H,8H2,1H3,(H,20,21)/b19-9-. The van der Waals surface area contributed by atoms with Crippen molar-refractivity contribution in [1.29, 1.82) is 0 Å². The monoisotopic (exact) mass is 352 g/mol. The summed E-state index contributed by atoms with van der Waals surface area (Å²) in [6.07, 6.45) is 1.53. The molecule has 2 N–H and O–H groups in total. The van der Waals surface area contributed by atoms with E-state index in [1.807, 2.05) is 0 Å². The average molecular weight is 353 g/mol. The molecule has 23 heavy (non-hydrogen) atoms. The topological polar surface area (TPSA) is 70.9 Å². The summed E-state index contributed by atoms with van der Waals surface area (Å²) < 4.78 is 4.94. The van der Waals surface area contributed by atoms with Crippen LogP contribution in [0.5, 0.6) is 11.5 Å². The van der Waals surface area contributed by atoms with Crippen molar-refractivity contribution < 1.29 is 14.6 Å². The van der Waals surface area contributed by atoms with Crippen molar-refractivity contribution in [3.05, 3.63) is 57.6 Å². The number of hydrogen-bond acceptors (Lipinski definition) is 4. The van der Waals surface area contributed by atoms with Crippen LogP contribution in [-0.4, -0.2) is 24.3 Å². The predicted octanol–water partition coefficient (Wildman–Crippen LogP) is 3.40. The molecule has 0 aliphatic carbocycles. The molecule has 0 saturated heterocycles. The second kappa shape index (κ2) is 7.85. The third kappa shape index (κ3) is 4.61. The summed E-state index contributed by atoms with van der Waals surface area (Å²) in [6.45, 7) is 0. The summed E-state index contributed by atoms with van der Waals surface area (Å²) in [4.78, 5) is 11.8. The van der Waals surface area contributed by atoms with E-state index in [0.717, 1.165) is 5.56 Å². The van der Waals surface area contributed by atoms with E-state index in [0.29, 0.717) is 10.6 Å². The molecule has 5 nitrogen and oxygen atoms in total. The third-order valence-electron chi connectivity index (χ3n) is 3.00. The SMILES string of the molecule is COc1ccc(/C=N\NC(=O)Cc2ccc(Cl)cc2)c(Cl)c1O. The highest BCUT2D eigenvalue weighted by Crippen LogP contribution is 2.35. The number of ether oxygens (including phenoxy) is 1. The Balaban J connectivity index is 1.97. The summed E-state index contributed by atoms with van der Waals surface area (Å²) >= 11 is 11.8. The highest BCUT2D eigenvalue weighted by atomic mass is 35.5. The Labute approximate surface area is 143 Å². The molecule has 7 heteroatoms. The quantitative estimate of drug-likeness (QED) is 0.639. The van der Waals surface area contributed by atoms with Crippen molar-refractivity contribution in [3.8, 4) is 11.5 Å².